The van der Waals surface area contributed by atoms with Crippen LogP contribution in [0.2, 0.25) is 0 Å². The summed E-state index contributed by atoms with van der Waals surface area (Å²) in [7, 11) is 4.39. The zero-order valence-electron chi connectivity index (χ0n) is 10.9. The Morgan fingerprint density at radius 1 is 1.27 bits per heavy atom. The molecule has 0 saturated heterocycles. The molecule has 2 nitrogen and oxygen atoms in total. The van der Waals surface area contributed by atoms with E-state index in [1.54, 1.807) is 0 Å². The van der Waals surface area contributed by atoms with E-state index in [1.807, 2.05) is 0 Å². The maximum Gasteiger partial charge on any atom is 0.0354 e. The molecule has 0 spiro atoms. The lowest BCUT2D eigenvalue weighted by molar-refractivity contribution is 0.111. The monoisotopic (exact) mass is 212 g/mol. The molecule has 0 bridgehead atoms. The van der Waals surface area contributed by atoms with E-state index in [4.69, 9.17) is 5.73 Å². The van der Waals surface area contributed by atoms with Gasteiger partial charge in [-0.05, 0) is 39.3 Å². The molecular weight excluding hydrogens is 184 g/mol. The van der Waals surface area contributed by atoms with Crippen molar-refractivity contribution < 1.29 is 0 Å². The summed E-state index contributed by atoms with van der Waals surface area (Å²) in [6, 6.07) is 0.352. The Bertz CT molecular complexity index is 183. The van der Waals surface area contributed by atoms with E-state index in [0.717, 1.165) is 5.92 Å². The van der Waals surface area contributed by atoms with E-state index in [1.165, 1.54) is 38.5 Å². The van der Waals surface area contributed by atoms with Gasteiger partial charge in [0.15, 0.2) is 0 Å². The molecule has 2 N–H and O–H groups in total. The number of nitrogens with two attached hydrogens (primary N) is 1. The third-order valence-corrected chi connectivity index (χ3v) is 4.40. The zero-order chi connectivity index (χ0) is 11.5. The van der Waals surface area contributed by atoms with Gasteiger partial charge in [-0.15, -0.1) is 0 Å². The molecule has 1 saturated carbocycles. The van der Waals surface area contributed by atoms with Crippen molar-refractivity contribution in [3.63, 3.8) is 0 Å². The van der Waals surface area contributed by atoms with E-state index in [0.29, 0.717) is 11.6 Å². The van der Waals surface area contributed by atoms with Crippen molar-refractivity contribution in [2.24, 2.45) is 11.7 Å². The SMILES string of the molecule is CCC(C)CC(N)C1(N(C)C)CCCC1. The topological polar surface area (TPSA) is 29.3 Å². The highest BCUT2D eigenvalue weighted by atomic mass is 15.2. The maximum atomic E-state index is 6.45. The number of likely N-dealkylation sites (N-methyl/N-ethyl adjacent to an activating group) is 1. The van der Waals surface area contributed by atoms with Gasteiger partial charge in [0.1, 0.15) is 0 Å². The molecule has 90 valence electrons. The fourth-order valence-electron chi connectivity index (χ4n) is 2.96. The highest BCUT2D eigenvalue weighted by Crippen LogP contribution is 2.37. The van der Waals surface area contributed by atoms with Gasteiger partial charge in [0.2, 0.25) is 0 Å². The van der Waals surface area contributed by atoms with Crippen LogP contribution in [0.4, 0.5) is 0 Å². The molecule has 0 aromatic heterocycles. The van der Waals surface area contributed by atoms with E-state index in [2.05, 4.69) is 32.8 Å². The van der Waals surface area contributed by atoms with Gasteiger partial charge in [0.25, 0.3) is 0 Å². The fourth-order valence-corrected chi connectivity index (χ4v) is 2.96. The van der Waals surface area contributed by atoms with Crippen molar-refractivity contribution in [1.82, 2.24) is 4.90 Å². The van der Waals surface area contributed by atoms with Crippen LogP contribution in [0.25, 0.3) is 0 Å². The van der Waals surface area contributed by atoms with Gasteiger partial charge >= 0.3 is 0 Å². The molecular formula is C13H28N2. The second kappa shape index (κ2) is 5.31. The molecule has 1 aliphatic carbocycles. The first-order valence-electron chi connectivity index (χ1n) is 6.46. The summed E-state index contributed by atoms with van der Waals surface area (Å²) < 4.78 is 0. The highest BCUT2D eigenvalue weighted by Gasteiger charge is 2.41. The van der Waals surface area contributed by atoms with E-state index < -0.39 is 0 Å². The van der Waals surface area contributed by atoms with Crippen LogP contribution in [0.15, 0.2) is 0 Å². The Kier molecular flexibility index (Phi) is 4.60. The Labute approximate surface area is 95.2 Å². The number of hydrogen-bond acceptors (Lipinski definition) is 2. The van der Waals surface area contributed by atoms with Gasteiger partial charge in [-0.1, -0.05) is 33.1 Å². The predicted octanol–water partition coefficient (Wildman–Crippen LogP) is 2.62. The van der Waals surface area contributed by atoms with Crippen LogP contribution in [-0.2, 0) is 0 Å². The fraction of sp³-hybridized carbons (Fsp3) is 1.00. The minimum atomic E-state index is 0.295. The van der Waals surface area contributed by atoms with E-state index in [9.17, 15) is 0 Å². The third kappa shape index (κ3) is 2.73. The molecule has 1 aliphatic rings. The Morgan fingerprint density at radius 3 is 2.20 bits per heavy atom. The molecule has 0 aliphatic heterocycles. The van der Waals surface area contributed by atoms with Crippen LogP contribution in [0, 0.1) is 5.92 Å². The molecule has 15 heavy (non-hydrogen) atoms. The first kappa shape index (κ1) is 13.0. The molecule has 2 unspecified atom stereocenters. The molecule has 0 amide bonds. The minimum absolute atomic E-state index is 0.295. The van der Waals surface area contributed by atoms with Crippen LogP contribution >= 0.6 is 0 Å². The van der Waals surface area contributed by atoms with Gasteiger partial charge in [-0.2, -0.15) is 0 Å². The molecule has 2 atom stereocenters. The van der Waals surface area contributed by atoms with Gasteiger partial charge < -0.3 is 10.6 Å². The summed E-state index contributed by atoms with van der Waals surface area (Å²) in [5, 5.41) is 0. The first-order chi connectivity index (χ1) is 7.03. The third-order valence-electron chi connectivity index (χ3n) is 4.40. The summed E-state index contributed by atoms with van der Waals surface area (Å²) in [6.45, 7) is 4.58. The van der Waals surface area contributed by atoms with Gasteiger partial charge in [-0.3, -0.25) is 0 Å². The second-order valence-electron chi connectivity index (χ2n) is 5.56. The van der Waals surface area contributed by atoms with Crippen molar-refractivity contribution in [3.8, 4) is 0 Å². The summed E-state index contributed by atoms with van der Waals surface area (Å²) >= 11 is 0. The van der Waals surface area contributed by atoms with Crippen LogP contribution < -0.4 is 5.73 Å². The lowest BCUT2D eigenvalue weighted by atomic mass is 9.82. The molecule has 0 radical (unpaired) electrons. The smallest absolute Gasteiger partial charge is 0.0354 e. The second-order valence-corrected chi connectivity index (χ2v) is 5.56. The minimum Gasteiger partial charge on any atom is -0.326 e. The lowest BCUT2D eigenvalue weighted by Crippen LogP contribution is -2.56. The van der Waals surface area contributed by atoms with E-state index >= 15 is 0 Å². The van der Waals surface area contributed by atoms with Crippen molar-refractivity contribution in [1.29, 1.82) is 0 Å². The van der Waals surface area contributed by atoms with Crippen LogP contribution in [0.5, 0.6) is 0 Å². The van der Waals surface area contributed by atoms with Gasteiger partial charge in [-0.25, -0.2) is 0 Å². The zero-order valence-corrected chi connectivity index (χ0v) is 10.9. The summed E-state index contributed by atoms with van der Waals surface area (Å²) in [5.41, 5.74) is 6.74. The lowest BCUT2D eigenvalue weighted by Gasteiger charge is -2.42. The largest absolute Gasteiger partial charge is 0.326 e. The molecule has 1 fully saturated rings. The quantitative estimate of drug-likeness (QED) is 0.759. The summed E-state index contributed by atoms with van der Waals surface area (Å²) in [4.78, 5) is 2.38. The van der Waals surface area contributed by atoms with Crippen molar-refractivity contribution in [2.75, 3.05) is 14.1 Å². The van der Waals surface area contributed by atoms with Crippen LogP contribution in [0.1, 0.15) is 52.4 Å². The van der Waals surface area contributed by atoms with Gasteiger partial charge in [0, 0.05) is 11.6 Å². The highest BCUT2D eigenvalue weighted by molar-refractivity contribution is 5.00. The summed E-state index contributed by atoms with van der Waals surface area (Å²) in [5.74, 6) is 0.762. The molecule has 0 aromatic carbocycles. The maximum absolute atomic E-state index is 6.45. The molecule has 1 rings (SSSR count). The predicted molar refractivity (Wildman–Crippen MR) is 66.9 cm³/mol. The Morgan fingerprint density at radius 2 is 1.80 bits per heavy atom. The number of hydrogen-bond donors (Lipinski definition) is 1. The first-order valence-corrected chi connectivity index (χ1v) is 6.46. The average molecular weight is 212 g/mol. The molecule has 0 aromatic rings. The van der Waals surface area contributed by atoms with Crippen LogP contribution in [-0.4, -0.2) is 30.6 Å². The van der Waals surface area contributed by atoms with Crippen LogP contribution in [0.3, 0.4) is 0 Å². The van der Waals surface area contributed by atoms with Crippen molar-refractivity contribution >= 4 is 0 Å². The average Bonchev–Trinajstić information content (AvgIpc) is 2.67. The molecule has 2 heteroatoms. The van der Waals surface area contributed by atoms with E-state index in [-0.39, 0.29) is 0 Å². The van der Waals surface area contributed by atoms with Crippen molar-refractivity contribution in [3.05, 3.63) is 0 Å². The Hall–Kier alpha value is -0.0800. The summed E-state index contributed by atoms with van der Waals surface area (Å²) in [6.07, 6.45) is 7.71. The molecule has 0 heterocycles. The normalized spacial score (nSPS) is 24.4. The van der Waals surface area contributed by atoms with Gasteiger partial charge in [0.05, 0.1) is 0 Å². The standard InChI is InChI=1S/C13H28N2/c1-5-11(2)10-12(14)13(15(3)4)8-6-7-9-13/h11-12H,5-10,14H2,1-4H3. The number of nitrogens with zero attached hydrogens (tertiary/aromatic N) is 1. The number of rotatable bonds is 5. The Balaban J connectivity index is 2.63. The van der Waals surface area contributed by atoms with Crippen molar-refractivity contribution in [2.45, 2.75) is 64.0 Å².